The summed E-state index contributed by atoms with van der Waals surface area (Å²) in [5.74, 6) is -1.25. The molecular formula is C22H25N3O3S2. The molecule has 1 aromatic carbocycles. The van der Waals surface area contributed by atoms with Gasteiger partial charge in [0.25, 0.3) is 5.91 Å². The number of carbonyl (C=O) groups is 2. The van der Waals surface area contributed by atoms with Gasteiger partial charge in [0.05, 0.1) is 4.88 Å². The van der Waals surface area contributed by atoms with E-state index in [0.717, 1.165) is 24.4 Å². The number of hydrogen-bond acceptors (Lipinski definition) is 6. The Morgan fingerprint density at radius 2 is 2.10 bits per heavy atom. The first kappa shape index (κ1) is 21.1. The first-order valence-corrected chi connectivity index (χ1v) is 11.8. The van der Waals surface area contributed by atoms with Gasteiger partial charge in [0.2, 0.25) is 0 Å². The third-order valence-electron chi connectivity index (χ3n) is 5.44. The van der Waals surface area contributed by atoms with E-state index in [4.69, 9.17) is 0 Å². The van der Waals surface area contributed by atoms with Crippen LogP contribution >= 0.6 is 23.1 Å². The Labute approximate surface area is 184 Å². The Kier molecular flexibility index (Phi) is 6.58. The highest BCUT2D eigenvalue weighted by atomic mass is 32.2. The molecule has 1 fully saturated rings. The number of aliphatic carboxylic acids is 1. The van der Waals surface area contributed by atoms with Crippen LogP contribution in [-0.2, 0) is 11.3 Å². The lowest BCUT2D eigenvalue weighted by atomic mass is 10.0. The number of benzene rings is 1. The number of amides is 1. The Morgan fingerprint density at radius 1 is 1.30 bits per heavy atom. The minimum absolute atomic E-state index is 0.151. The minimum Gasteiger partial charge on any atom is -0.477 e. The number of thioether (sulfide) groups is 1. The van der Waals surface area contributed by atoms with Gasteiger partial charge in [-0.1, -0.05) is 30.3 Å². The average molecular weight is 444 g/mol. The fraction of sp³-hybridized carbons (Fsp3) is 0.364. The second-order valence-corrected chi connectivity index (χ2v) is 9.81. The number of thiophene rings is 1. The number of carbonyl (C=O) groups excluding carboxylic acids is 1. The largest absolute Gasteiger partial charge is 0.477 e. The minimum atomic E-state index is -1.03. The summed E-state index contributed by atoms with van der Waals surface area (Å²) in [4.78, 5) is 27.5. The molecule has 0 radical (unpaired) electrons. The molecule has 1 amide bonds. The molecular weight excluding hydrogens is 418 g/mol. The van der Waals surface area contributed by atoms with Gasteiger partial charge < -0.3 is 20.6 Å². The molecule has 4 rings (SSSR count). The van der Waals surface area contributed by atoms with Crippen molar-refractivity contribution in [2.45, 2.75) is 30.7 Å². The molecule has 158 valence electrons. The summed E-state index contributed by atoms with van der Waals surface area (Å²) < 4.78 is 0. The van der Waals surface area contributed by atoms with E-state index < -0.39 is 5.97 Å². The Hall–Kier alpha value is -2.13. The molecule has 2 atom stereocenters. The first-order chi connectivity index (χ1) is 14.6. The van der Waals surface area contributed by atoms with E-state index in [2.05, 4.69) is 34.9 Å². The van der Waals surface area contributed by atoms with Crippen LogP contribution in [0.2, 0.25) is 0 Å². The summed E-state index contributed by atoms with van der Waals surface area (Å²) in [6.45, 7) is 2.10. The second-order valence-electron chi connectivity index (χ2n) is 7.47. The van der Waals surface area contributed by atoms with Crippen LogP contribution in [0.15, 0.2) is 52.4 Å². The van der Waals surface area contributed by atoms with Crippen LogP contribution in [0.4, 0.5) is 0 Å². The van der Waals surface area contributed by atoms with Gasteiger partial charge in [0.15, 0.2) is 0 Å². The third-order valence-corrected chi connectivity index (χ3v) is 7.67. The molecule has 3 N–H and O–H groups in total. The first-order valence-electron chi connectivity index (χ1n) is 10.0. The summed E-state index contributed by atoms with van der Waals surface area (Å²) in [5.41, 5.74) is 2.66. The van der Waals surface area contributed by atoms with Crippen molar-refractivity contribution in [2.24, 2.45) is 0 Å². The lowest BCUT2D eigenvalue weighted by Gasteiger charge is -2.17. The lowest BCUT2D eigenvalue weighted by Crippen LogP contribution is -2.30. The molecule has 30 heavy (non-hydrogen) atoms. The summed E-state index contributed by atoms with van der Waals surface area (Å²) >= 11 is 2.96. The van der Waals surface area contributed by atoms with Crippen molar-refractivity contribution in [3.8, 4) is 0 Å². The highest BCUT2D eigenvalue weighted by Crippen LogP contribution is 2.40. The number of carboxylic acids is 1. The van der Waals surface area contributed by atoms with E-state index in [1.807, 2.05) is 18.5 Å². The van der Waals surface area contributed by atoms with Crippen LogP contribution in [0.1, 0.15) is 39.7 Å². The molecule has 1 unspecified atom stereocenters. The smallest absolute Gasteiger partial charge is 0.353 e. The molecule has 2 aliphatic rings. The maximum atomic E-state index is 12.7. The number of nitrogens with zero attached hydrogens (tertiary/aromatic N) is 1. The highest BCUT2D eigenvalue weighted by Gasteiger charge is 2.36. The maximum absolute atomic E-state index is 12.7. The highest BCUT2D eigenvalue weighted by molar-refractivity contribution is 8.03. The molecule has 3 heterocycles. The van der Waals surface area contributed by atoms with E-state index in [0.29, 0.717) is 17.8 Å². The zero-order chi connectivity index (χ0) is 21.1. The van der Waals surface area contributed by atoms with E-state index >= 15 is 0 Å². The SMILES string of the molecule is CNCc1ccc([C@@H]2CC(SC3=C(C(=O)O)N(C(=O)c4cccs4)CC3)CN2)cc1. The Bertz CT molecular complexity index is 941. The molecule has 1 saturated heterocycles. The number of nitrogens with one attached hydrogen (secondary N) is 2. The van der Waals surface area contributed by atoms with Crippen molar-refractivity contribution in [3.63, 3.8) is 0 Å². The zero-order valence-corrected chi connectivity index (χ0v) is 18.4. The molecule has 0 aliphatic carbocycles. The quantitative estimate of drug-likeness (QED) is 0.608. The van der Waals surface area contributed by atoms with Crippen molar-refractivity contribution in [3.05, 3.63) is 68.4 Å². The van der Waals surface area contributed by atoms with Crippen LogP contribution < -0.4 is 10.6 Å². The van der Waals surface area contributed by atoms with Crippen LogP contribution in [-0.4, -0.2) is 47.3 Å². The summed E-state index contributed by atoms with van der Waals surface area (Å²) in [7, 11) is 1.94. The predicted octanol–water partition coefficient (Wildman–Crippen LogP) is 3.45. The van der Waals surface area contributed by atoms with E-state index in [9.17, 15) is 14.7 Å². The fourth-order valence-electron chi connectivity index (χ4n) is 4.00. The van der Waals surface area contributed by atoms with E-state index in [1.54, 1.807) is 17.8 Å². The van der Waals surface area contributed by atoms with Crippen molar-refractivity contribution < 1.29 is 14.7 Å². The third kappa shape index (κ3) is 4.46. The van der Waals surface area contributed by atoms with Gasteiger partial charge in [-0.15, -0.1) is 23.1 Å². The Balaban J connectivity index is 1.44. The lowest BCUT2D eigenvalue weighted by molar-refractivity contribution is -0.134. The molecule has 2 aliphatic heterocycles. The predicted molar refractivity (Wildman–Crippen MR) is 121 cm³/mol. The number of hydrogen-bond donors (Lipinski definition) is 3. The number of carboxylic acid groups (broad SMARTS) is 1. The van der Waals surface area contributed by atoms with Gasteiger partial charge >= 0.3 is 5.97 Å². The van der Waals surface area contributed by atoms with Gasteiger partial charge in [0.1, 0.15) is 5.70 Å². The molecule has 6 nitrogen and oxygen atoms in total. The molecule has 0 spiro atoms. The zero-order valence-electron chi connectivity index (χ0n) is 16.8. The Morgan fingerprint density at radius 3 is 2.77 bits per heavy atom. The molecule has 2 aromatic rings. The monoisotopic (exact) mass is 443 g/mol. The van der Waals surface area contributed by atoms with Crippen LogP contribution in [0, 0.1) is 0 Å². The van der Waals surface area contributed by atoms with Crippen molar-refractivity contribution in [1.29, 1.82) is 0 Å². The van der Waals surface area contributed by atoms with Crippen LogP contribution in [0.25, 0.3) is 0 Å². The van der Waals surface area contributed by atoms with Crippen molar-refractivity contribution in [2.75, 3.05) is 20.1 Å². The molecule has 0 bridgehead atoms. The number of rotatable bonds is 7. The maximum Gasteiger partial charge on any atom is 0.353 e. The average Bonchev–Trinajstić information content (AvgIpc) is 3.49. The van der Waals surface area contributed by atoms with Gasteiger partial charge in [-0.05, 0) is 42.5 Å². The topological polar surface area (TPSA) is 81.7 Å². The summed E-state index contributed by atoms with van der Waals surface area (Å²) in [6.07, 6.45) is 1.54. The van der Waals surface area contributed by atoms with Gasteiger partial charge in [-0.25, -0.2) is 4.79 Å². The van der Waals surface area contributed by atoms with Crippen LogP contribution in [0.5, 0.6) is 0 Å². The molecule has 8 heteroatoms. The summed E-state index contributed by atoms with van der Waals surface area (Å²) in [5, 5.41) is 18.6. The molecule has 0 saturated carbocycles. The van der Waals surface area contributed by atoms with Gasteiger partial charge in [-0.3, -0.25) is 4.79 Å². The fourth-order valence-corrected chi connectivity index (χ4v) is 6.06. The van der Waals surface area contributed by atoms with E-state index in [1.165, 1.54) is 27.4 Å². The van der Waals surface area contributed by atoms with Crippen molar-refractivity contribution in [1.82, 2.24) is 15.5 Å². The standard InChI is InChI=1S/C22H25N3O3S2/c1-23-12-14-4-6-15(7-5-14)17-11-16(13-24-17)30-18-8-9-25(20(18)22(27)28)21(26)19-3-2-10-29-19/h2-7,10,16-17,23-24H,8-9,11-13H2,1H3,(H,27,28)/t16?,17-/m0/s1. The normalized spacial score (nSPS) is 21.4. The molecule has 1 aromatic heterocycles. The van der Waals surface area contributed by atoms with Gasteiger partial charge in [0, 0.05) is 35.8 Å². The second kappa shape index (κ2) is 9.34. The summed E-state index contributed by atoms with van der Waals surface area (Å²) in [6, 6.07) is 12.4. The van der Waals surface area contributed by atoms with E-state index in [-0.39, 0.29) is 22.9 Å². The van der Waals surface area contributed by atoms with Crippen molar-refractivity contribution >= 4 is 35.0 Å². The van der Waals surface area contributed by atoms with Crippen LogP contribution in [0.3, 0.4) is 0 Å². The van der Waals surface area contributed by atoms with Gasteiger partial charge in [-0.2, -0.15) is 0 Å².